The number of hydrogen-bond acceptors (Lipinski definition) is 2. The van der Waals surface area contributed by atoms with Gasteiger partial charge < -0.3 is 5.73 Å². The Morgan fingerprint density at radius 3 is 1.77 bits per heavy atom. The topological polar surface area (TPSA) is 29.3 Å². The van der Waals surface area contributed by atoms with Gasteiger partial charge in [-0.15, -0.1) is 0 Å². The number of nitrogens with two attached hydrogens (primary N) is 1. The maximum atomic E-state index is 6.70. The summed E-state index contributed by atoms with van der Waals surface area (Å²) in [6.07, 6.45) is 2.54. The Morgan fingerprint density at radius 1 is 0.818 bits per heavy atom. The molecular formula is C20H24N2. The van der Waals surface area contributed by atoms with Crippen LogP contribution in [-0.2, 0) is 0 Å². The van der Waals surface area contributed by atoms with Crippen molar-refractivity contribution in [2.24, 2.45) is 11.7 Å². The Kier molecular flexibility index (Phi) is 3.73. The molecule has 3 heterocycles. The van der Waals surface area contributed by atoms with Gasteiger partial charge >= 0.3 is 0 Å². The molecule has 2 aromatic carbocycles. The lowest BCUT2D eigenvalue weighted by atomic mass is 9.71. The lowest BCUT2D eigenvalue weighted by molar-refractivity contribution is 0.0204. The van der Waals surface area contributed by atoms with Gasteiger partial charge in [-0.05, 0) is 43.0 Å². The van der Waals surface area contributed by atoms with E-state index in [1.807, 2.05) is 0 Å². The predicted molar refractivity (Wildman–Crippen MR) is 90.8 cm³/mol. The molecule has 114 valence electrons. The monoisotopic (exact) mass is 292 g/mol. The second-order valence-corrected chi connectivity index (χ2v) is 6.74. The van der Waals surface area contributed by atoms with Crippen LogP contribution in [0.15, 0.2) is 60.7 Å². The lowest BCUT2D eigenvalue weighted by Crippen LogP contribution is -2.63. The quantitative estimate of drug-likeness (QED) is 0.941. The normalized spacial score (nSPS) is 30.6. The van der Waals surface area contributed by atoms with Crippen LogP contribution >= 0.6 is 0 Å². The molecule has 0 aromatic heterocycles. The van der Waals surface area contributed by atoms with Crippen LogP contribution in [0.3, 0.4) is 0 Å². The van der Waals surface area contributed by atoms with Crippen molar-refractivity contribution in [1.82, 2.24) is 4.90 Å². The van der Waals surface area contributed by atoms with Gasteiger partial charge in [-0.3, -0.25) is 4.90 Å². The third-order valence-corrected chi connectivity index (χ3v) is 5.59. The smallest absolute Gasteiger partial charge is 0.0359 e. The molecule has 1 unspecified atom stereocenters. The fraction of sp³-hybridized carbons (Fsp3) is 0.400. The number of nitrogens with zero attached hydrogens (tertiary/aromatic N) is 1. The number of rotatable bonds is 3. The van der Waals surface area contributed by atoms with Gasteiger partial charge in [-0.2, -0.15) is 0 Å². The number of benzene rings is 2. The van der Waals surface area contributed by atoms with Gasteiger partial charge in [-0.25, -0.2) is 0 Å². The van der Waals surface area contributed by atoms with E-state index in [9.17, 15) is 0 Å². The summed E-state index contributed by atoms with van der Waals surface area (Å²) in [6, 6.07) is 22.5. The molecule has 0 spiro atoms. The zero-order valence-electron chi connectivity index (χ0n) is 12.9. The van der Waals surface area contributed by atoms with Gasteiger partial charge in [-0.1, -0.05) is 60.7 Å². The van der Waals surface area contributed by atoms with Crippen LogP contribution in [0.1, 0.15) is 29.9 Å². The molecule has 3 aliphatic rings. The van der Waals surface area contributed by atoms with Crippen LogP contribution in [0.25, 0.3) is 0 Å². The minimum Gasteiger partial charge on any atom is -0.326 e. The highest BCUT2D eigenvalue weighted by Gasteiger charge is 2.44. The van der Waals surface area contributed by atoms with Gasteiger partial charge in [0.05, 0.1) is 0 Å². The summed E-state index contributed by atoms with van der Waals surface area (Å²) in [5, 5.41) is 0. The van der Waals surface area contributed by atoms with Crippen LogP contribution < -0.4 is 5.73 Å². The van der Waals surface area contributed by atoms with Crippen molar-refractivity contribution < 1.29 is 0 Å². The molecule has 22 heavy (non-hydrogen) atoms. The Labute approximate surface area is 132 Å². The minimum absolute atomic E-state index is 0.285. The molecule has 2 aromatic rings. The SMILES string of the molecule is N[C@@H]1C2CCN(CC2)C1C(c1ccccc1)c1ccccc1. The number of hydrogen-bond donors (Lipinski definition) is 1. The zero-order valence-corrected chi connectivity index (χ0v) is 12.9. The van der Waals surface area contributed by atoms with Crippen LogP contribution in [0.2, 0.25) is 0 Å². The second kappa shape index (κ2) is 5.86. The van der Waals surface area contributed by atoms with Crippen LogP contribution in [0.4, 0.5) is 0 Å². The highest BCUT2D eigenvalue weighted by atomic mass is 15.2. The summed E-state index contributed by atoms with van der Waals surface area (Å²) < 4.78 is 0. The average molecular weight is 292 g/mol. The first kappa shape index (κ1) is 14.0. The third kappa shape index (κ3) is 2.37. The lowest BCUT2D eigenvalue weighted by Gasteiger charge is -2.52. The Bertz CT molecular complexity index is 561. The van der Waals surface area contributed by atoms with Crippen LogP contribution in [0, 0.1) is 5.92 Å². The summed E-state index contributed by atoms with van der Waals surface area (Å²) in [4.78, 5) is 2.63. The van der Waals surface area contributed by atoms with Crippen molar-refractivity contribution in [3.63, 3.8) is 0 Å². The van der Waals surface area contributed by atoms with Gasteiger partial charge in [0.1, 0.15) is 0 Å². The minimum atomic E-state index is 0.285. The molecule has 0 amide bonds. The highest BCUT2D eigenvalue weighted by molar-refractivity contribution is 5.35. The largest absolute Gasteiger partial charge is 0.326 e. The molecule has 5 rings (SSSR count). The van der Waals surface area contributed by atoms with Crippen molar-refractivity contribution in [3.8, 4) is 0 Å². The summed E-state index contributed by atoms with van der Waals surface area (Å²) >= 11 is 0. The summed E-state index contributed by atoms with van der Waals surface area (Å²) in [7, 11) is 0. The molecular weight excluding hydrogens is 268 g/mol. The molecule has 2 heteroatoms. The molecule has 2 atom stereocenters. The molecule has 0 aliphatic carbocycles. The van der Waals surface area contributed by atoms with Crippen molar-refractivity contribution >= 4 is 0 Å². The van der Waals surface area contributed by atoms with E-state index in [4.69, 9.17) is 5.73 Å². The van der Waals surface area contributed by atoms with Gasteiger partial charge in [0.15, 0.2) is 0 Å². The molecule has 2 N–H and O–H groups in total. The first-order chi connectivity index (χ1) is 10.8. The Balaban J connectivity index is 1.78. The van der Waals surface area contributed by atoms with E-state index in [1.54, 1.807) is 0 Å². The zero-order chi connectivity index (χ0) is 14.9. The predicted octanol–water partition coefficient (Wildman–Crippen LogP) is 3.24. The summed E-state index contributed by atoms with van der Waals surface area (Å²) in [5.41, 5.74) is 9.48. The average Bonchev–Trinajstić information content (AvgIpc) is 2.60. The van der Waals surface area contributed by atoms with Gasteiger partial charge in [0.2, 0.25) is 0 Å². The van der Waals surface area contributed by atoms with E-state index in [-0.39, 0.29) is 6.04 Å². The van der Waals surface area contributed by atoms with Crippen LogP contribution in [0.5, 0.6) is 0 Å². The Hall–Kier alpha value is -1.64. The number of fused-ring (bicyclic) bond motifs is 3. The first-order valence-corrected chi connectivity index (χ1v) is 8.44. The van der Waals surface area contributed by atoms with E-state index in [1.165, 1.54) is 37.1 Å². The maximum absolute atomic E-state index is 6.70. The van der Waals surface area contributed by atoms with Crippen molar-refractivity contribution in [3.05, 3.63) is 71.8 Å². The fourth-order valence-electron chi connectivity index (χ4n) is 4.47. The summed E-state index contributed by atoms with van der Waals surface area (Å²) in [5.74, 6) is 1.07. The first-order valence-electron chi connectivity index (χ1n) is 8.44. The molecule has 3 saturated heterocycles. The van der Waals surface area contributed by atoms with Crippen molar-refractivity contribution in [2.75, 3.05) is 13.1 Å². The van der Waals surface area contributed by atoms with E-state index < -0.39 is 0 Å². The maximum Gasteiger partial charge on any atom is 0.0359 e. The molecule has 2 bridgehead atoms. The van der Waals surface area contributed by atoms with Gasteiger partial charge in [0.25, 0.3) is 0 Å². The van der Waals surface area contributed by atoms with Crippen molar-refractivity contribution in [1.29, 1.82) is 0 Å². The van der Waals surface area contributed by atoms with E-state index in [2.05, 4.69) is 65.6 Å². The molecule has 3 aliphatic heterocycles. The van der Waals surface area contributed by atoms with Crippen molar-refractivity contribution in [2.45, 2.75) is 30.8 Å². The number of piperidine rings is 3. The molecule has 0 radical (unpaired) electrons. The van der Waals surface area contributed by atoms with E-state index in [0.717, 1.165) is 0 Å². The fourth-order valence-corrected chi connectivity index (χ4v) is 4.47. The highest BCUT2D eigenvalue weighted by Crippen LogP contribution is 2.40. The summed E-state index contributed by atoms with van der Waals surface area (Å²) in [6.45, 7) is 2.42. The van der Waals surface area contributed by atoms with E-state index >= 15 is 0 Å². The molecule has 3 fully saturated rings. The molecule has 2 nitrogen and oxygen atoms in total. The third-order valence-electron chi connectivity index (χ3n) is 5.59. The van der Waals surface area contributed by atoms with E-state index in [0.29, 0.717) is 17.9 Å². The standard InChI is InChI=1S/C20H24N2/c21-19-17-11-13-22(14-12-17)20(19)18(15-7-3-1-4-8-15)16-9-5-2-6-10-16/h1-10,17-20H,11-14,21H2/t19-,20?/m1/s1. The second-order valence-electron chi connectivity index (χ2n) is 6.74. The Morgan fingerprint density at radius 2 is 1.32 bits per heavy atom. The van der Waals surface area contributed by atoms with Gasteiger partial charge in [0, 0.05) is 18.0 Å². The van der Waals surface area contributed by atoms with Crippen LogP contribution in [-0.4, -0.2) is 30.1 Å². The molecule has 0 saturated carbocycles.